The van der Waals surface area contributed by atoms with Crippen molar-refractivity contribution in [3.8, 4) is 0 Å². The highest BCUT2D eigenvalue weighted by molar-refractivity contribution is 5.93. The normalized spacial score (nSPS) is 19.0. The van der Waals surface area contributed by atoms with Crippen LogP contribution in [-0.4, -0.2) is 47.3 Å². The van der Waals surface area contributed by atoms with Crippen LogP contribution in [0.5, 0.6) is 0 Å². The summed E-state index contributed by atoms with van der Waals surface area (Å²) in [6.07, 6.45) is 1.19. The third kappa shape index (κ3) is 4.27. The number of nitrogens with zero attached hydrogens (tertiary/aromatic N) is 2. The van der Waals surface area contributed by atoms with Crippen molar-refractivity contribution in [1.29, 1.82) is 0 Å². The first-order chi connectivity index (χ1) is 12.5. The van der Waals surface area contributed by atoms with Gasteiger partial charge in [0.05, 0.1) is 17.7 Å². The lowest BCUT2D eigenvalue weighted by Crippen LogP contribution is -2.42. The van der Waals surface area contributed by atoms with Gasteiger partial charge in [0.1, 0.15) is 0 Å². The molecule has 1 aliphatic rings. The zero-order valence-electron chi connectivity index (χ0n) is 14.6. The molecule has 0 saturated carbocycles. The van der Waals surface area contributed by atoms with Crippen molar-refractivity contribution in [1.82, 2.24) is 9.88 Å². The largest absolute Gasteiger partial charge is 0.418 e. The van der Waals surface area contributed by atoms with Crippen molar-refractivity contribution in [3.63, 3.8) is 0 Å². The maximum Gasteiger partial charge on any atom is 0.418 e. The van der Waals surface area contributed by atoms with Crippen molar-refractivity contribution < 1.29 is 18.3 Å². The number of benzene rings is 1. The standard InChI is InChI=1S/C19H24F3N3O/c20-19(21,22)16-7-3-6-15-17(8-10-24-18(15)16)23-9-4-12-25-11-2-1-5-14(25)13-26/h3,6-8,10,14,26H,1-2,4-5,9,11-13H2,(H,23,24). The number of halogens is 3. The lowest BCUT2D eigenvalue weighted by atomic mass is 10.0. The van der Waals surface area contributed by atoms with Crippen LogP contribution >= 0.6 is 0 Å². The van der Waals surface area contributed by atoms with Crippen molar-refractivity contribution >= 4 is 16.6 Å². The van der Waals surface area contributed by atoms with Gasteiger partial charge in [-0.2, -0.15) is 13.2 Å². The van der Waals surface area contributed by atoms with Gasteiger partial charge in [-0.3, -0.25) is 9.88 Å². The predicted octanol–water partition coefficient (Wildman–Crippen LogP) is 3.90. The maximum absolute atomic E-state index is 13.1. The number of rotatable bonds is 6. The van der Waals surface area contributed by atoms with E-state index in [2.05, 4.69) is 15.2 Å². The van der Waals surface area contributed by atoms with Gasteiger partial charge in [-0.25, -0.2) is 0 Å². The third-order valence-corrected chi connectivity index (χ3v) is 4.97. The Balaban J connectivity index is 1.64. The number of aliphatic hydroxyl groups excluding tert-OH is 1. The molecule has 0 aliphatic carbocycles. The Labute approximate surface area is 151 Å². The quantitative estimate of drug-likeness (QED) is 0.761. The van der Waals surface area contributed by atoms with Gasteiger partial charge in [0.15, 0.2) is 0 Å². The van der Waals surface area contributed by atoms with Crippen molar-refractivity contribution in [3.05, 3.63) is 36.0 Å². The number of nitrogens with one attached hydrogen (secondary N) is 1. The first-order valence-electron chi connectivity index (χ1n) is 9.04. The summed E-state index contributed by atoms with van der Waals surface area (Å²) in [5, 5.41) is 13.2. The highest BCUT2D eigenvalue weighted by Gasteiger charge is 2.33. The fourth-order valence-electron chi connectivity index (χ4n) is 3.63. The summed E-state index contributed by atoms with van der Waals surface area (Å²) in [6.45, 7) is 2.71. The first kappa shape index (κ1) is 18.9. The van der Waals surface area contributed by atoms with Crippen LogP contribution in [0.25, 0.3) is 10.9 Å². The summed E-state index contributed by atoms with van der Waals surface area (Å²) >= 11 is 0. The van der Waals surface area contributed by atoms with E-state index in [1.165, 1.54) is 12.3 Å². The molecule has 26 heavy (non-hydrogen) atoms. The number of para-hydroxylation sites is 1. The number of pyridine rings is 1. The molecular weight excluding hydrogens is 343 g/mol. The van der Waals surface area contributed by atoms with Crippen LogP contribution in [0, 0.1) is 0 Å². The maximum atomic E-state index is 13.1. The second kappa shape index (κ2) is 8.22. The van der Waals surface area contributed by atoms with Gasteiger partial charge in [0.2, 0.25) is 0 Å². The number of hydrogen-bond acceptors (Lipinski definition) is 4. The second-order valence-corrected chi connectivity index (χ2v) is 6.71. The zero-order chi connectivity index (χ0) is 18.6. The highest BCUT2D eigenvalue weighted by atomic mass is 19.4. The Morgan fingerprint density at radius 2 is 2.08 bits per heavy atom. The number of aliphatic hydroxyl groups is 1. The molecule has 1 aliphatic heterocycles. The van der Waals surface area contributed by atoms with Gasteiger partial charge < -0.3 is 10.4 Å². The number of hydrogen-bond donors (Lipinski definition) is 2. The Morgan fingerprint density at radius 1 is 1.23 bits per heavy atom. The van der Waals surface area contributed by atoms with Crippen molar-refractivity contribution in [2.45, 2.75) is 37.9 Å². The zero-order valence-corrected chi connectivity index (χ0v) is 14.6. The van der Waals surface area contributed by atoms with E-state index >= 15 is 0 Å². The molecule has 7 heteroatoms. The molecular formula is C19H24F3N3O. The van der Waals surface area contributed by atoms with Crippen LogP contribution in [0.2, 0.25) is 0 Å². The Morgan fingerprint density at radius 3 is 2.85 bits per heavy atom. The number of fused-ring (bicyclic) bond motifs is 1. The van der Waals surface area contributed by atoms with E-state index in [-0.39, 0.29) is 18.2 Å². The van der Waals surface area contributed by atoms with Gasteiger partial charge >= 0.3 is 6.18 Å². The first-order valence-corrected chi connectivity index (χ1v) is 9.04. The van der Waals surface area contributed by atoms with Gasteiger partial charge in [-0.1, -0.05) is 18.6 Å². The van der Waals surface area contributed by atoms with E-state index < -0.39 is 11.7 Å². The Kier molecular flexibility index (Phi) is 5.98. The van der Waals surface area contributed by atoms with Gasteiger partial charge in [0.25, 0.3) is 0 Å². The fraction of sp³-hybridized carbons (Fsp3) is 0.526. The highest BCUT2D eigenvalue weighted by Crippen LogP contribution is 2.35. The molecule has 142 valence electrons. The summed E-state index contributed by atoms with van der Waals surface area (Å²) in [4.78, 5) is 6.24. The number of alkyl halides is 3. The van der Waals surface area contributed by atoms with Crippen molar-refractivity contribution in [2.24, 2.45) is 0 Å². The van der Waals surface area contributed by atoms with E-state index in [9.17, 15) is 18.3 Å². The second-order valence-electron chi connectivity index (χ2n) is 6.71. The molecule has 4 nitrogen and oxygen atoms in total. The minimum atomic E-state index is -4.42. The molecule has 1 atom stereocenters. The van der Waals surface area contributed by atoms with E-state index in [4.69, 9.17) is 0 Å². The van der Waals surface area contributed by atoms with Crippen LogP contribution < -0.4 is 5.32 Å². The lowest BCUT2D eigenvalue weighted by Gasteiger charge is -2.34. The molecule has 1 aromatic carbocycles. The molecule has 1 fully saturated rings. The van der Waals surface area contributed by atoms with Crippen molar-refractivity contribution in [2.75, 3.05) is 31.6 Å². The van der Waals surface area contributed by atoms with Gasteiger partial charge in [-0.05, 0) is 37.9 Å². The molecule has 0 radical (unpaired) electrons. The monoisotopic (exact) mass is 367 g/mol. The van der Waals surface area contributed by atoms with E-state index in [0.717, 1.165) is 44.8 Å². The van der Waals surface area contributed by atoms with E-state index in [0.29, 0.717) is 17.6 Å². The fourth-order valence-corrected chi connectivity index (χ4v) is 3.63. The smallest absolute Gasteiger partial charge is 0.395 e. The molecule has 0 bridgehead atoms. The minimum Gasteiger partial charge on any atom is -0.395 e. The molecule has 0 amide bonds. The van der Waals surface area contributed by atoms with Crippen LogP contribution in [0.15, 0.2) is 30.5 Å². The van der Waals surface area contributed by atoms with Crippen LogP contribution in [0.1, 0.15) is 31.2 Å². The third-order valence-electron chi connectivity index (χ3n) is 4.97. The molecule has 0 spiro atoms. The molecule has 2 heterocycles. The van der Waals surface area contributed by atoms with E-state index in [1.807, 2.05) is 0 Å². The minimum absolute atomic E-state index is 0.0265. The summed E-state index contributed by atoms with van der Waals surface area (Å²) < 4.78 is 39.4. The summed E-state index contributed by atoms with van der Waals surface area (Å²) in [7, 11) is 0. The topological polar surface area (TPSA) is 48.4 Å². The average Bonchev–Trinajstić information content (AvgIpc) is 2.64. The van der Waals surface area contributed by atoms with Crippen LogP contribution in [0.3, 0.4) is 0 Å². The molecule has 3 rings (SSSR count). The molecule has 2 N–H and O–H groups in total. The SMILES string of the molecule is OCC1CCCCN1CCCNc1ccnc2c(C(F)(F)F)cccc12. The van der Waals surface area contributed by atoms with Crippen LogP contribution in [-0.2, 0) is 6.18 Å². The lowest BCUT2D eigenvalue weighted by molar-refractivity contribution is -0.136. The Bertz CT molecular complexity index is 736. The summed E-state index contributed by atoms with van der Waals surface area (Å²) in [5.74, 6) is 0. The molecule has 1 saturated heterocycles. The average molecular weight is 367 g/mol. The van der Waals surface area contributed by atoms with Gasteiger partial charge in [0, 0.05) is 36.4 Å². The number of anilines is 1. The summed E-state index contributed by atoms with van der Waals surface area (Å²) in [5.41, 5.74) is -0.0717. The molecule has 1 unspecified atom stereocenters. The number of aromatic nitrogens is 1. The number of piperidine rings is 1. The number of likely N-dealkylation sites (tertiary alicyclic amines) is 1. The molecule has 1 aromatic heterocycles. The Hall–Kier alpha value is -1.86. The van der Waals surface area contributed by atoms with E-state index in [1.54, 1.807) is 12.1 Å². The van der Waals surface area contributed by atoms with Gasteiger partial charge in [-0.15, -0.1) is 0 Å². The summed E-state index contributed by atoms with van der Waals surface area (Å²) in [6, 6.07) is 6.08. The predicted molar refractivity (Wildman–Crippen MR) is 96.1 cm³/mol. The molecule has 2 aromatic rings. The van der Waals surface area contributed by atoms with Crippen LogP contribution in [0.4, 0.5) is 18.9 Å².